The normalized spacial score (nSPS) is 16.8. The number of nitrogens with zero attached hydrogens (tertiary/aromatic N) is 3. The van der Waals surface area contributed by atoms with Crippen molar-refractivity contribution in [1.29, 1.82) is 0 Å². The lowest BCUT2D eigenvalue weighted by Crippen LogP contribution is -2.49. The second kappa shape index (κ2) is 7.47. The van der Waals surface area contributed by atoms with Gasteiger partial charge in [-0.2, -0.15) is 0 Å². The predicted octanol–water partition coefficient (Wildman–Crippen LogP) is 2.16. The van der Waals surface area contributed by atoms with E-state index in [4.69, 9.17) is 4.74 Å². The Hall–Kier alpha value is -2.76. The highest BCUT2D eigenvalue weighted by Gasteiger charge is 2.29. The minimum absolute atomic E-state index is 0.0230. The molecule has 142 valence electrons. The van der Waals surface area contributed by atoms with Gasteiger partial charge in [0.05, 0.1) is 7.11 Å². The van der Waals surface area contributed by atoms with Gasteiger partial charge in [0.25, 0.3) is 11.5 Å². The molecule has 1 aromatic heterocycles. The van der Waals surface area contributed by atoms with Crippen LogP contribution in [0.2, 0.25) is 0 Å². The van der Waals surface area contributed by atoms with Gasteiger partial charge >= 0.3 is 0 Å². The molecule has 1 aromatic carbocycles. The number of rotatable bonds is 3. The fourth-order valence-corrected chi connectivity index (χ4v) is 4.09. The molecule has 6 heteroatoms. The molecule has 2 aromatic rings. The Kier molecular flexibility index (Phi) is 4.88. The molecule has 1 saturated heterocycles. The molecule has 0 spiro atoms. The summed E-state index contributed by atoms with van der Waals surface area (Å²) in [5.74, 6) is 0.383. The van der Waals surface area contributed by atoms with Gasteiger partial charge in [0.2, 0.25) is 0 Å². The first-order valence-electron chi connectivity index (χ1n) is 9.59. The van der Waals surface area contributed by atoms with Crippen molar-refractivity contribution in [3.8, 4) is 5.75 Å². The third-order valence-electron chi connectivity index (χ3n) is 5.55. The van der Waals surface area contributed by atoms with E-state index < -0.39 is 0 Å². The zero-order valence-electron chi connectivity index (χ0n) is 15.7. The Balaban J connectivity index is 1.58. The molecule has 0 unspecified atom stereocenters. The van der Waals surface area contributed by atoms with E-state index >= 15 is 0 Å². The average molecular weight is 367 g/mol. The first kappa shape index (κ1) is 17.6. The molecule has 2 aliphatic heterocycles. The first-order valence-corrected chi connectivity index (χ1v) is 9.59. The average Bonchev–Trinajstić information content (AvgIpc) is 2.74. The Bertz CT molecular complexity index is 884. The van der Waals surface area contributed by atoms with Gasteiger partial charge < -0.3 is 19.1 Å². The number of hydrogen-bond donors (Lipinski definition) is 0. The summed E-state index contributed by atoms with van der Waals surface area (Å²) in [6, 6.07) is 11.7. The second-order valence-electron chi connectivity index (χ2n) is 7.10. The molecule has 0 saturated carbocycles. The number of amides is 1. The summed E-state index contributed by atoms with van der Waals surface area (Å²) in [5, 5.41) is 0. The van der Waals surface area contributed by atoms with Crippen LogP contribution in [0.15, 0.2) is 41.2 Å². The van der Waals surface area contributed by atoms with E-state index in [9.17, 15) is 9.59 Å². The van der Waals surface area contributed by atoms with Crippen molar-refractivity contribution in [3.63, 3.8) is 0 Å². The maximum absolute atomic E-state index is 13.3. The molecule has 6 nitrogen and oxygen atoms in total. The van der Waals surface area contributed by atoms with Gasteiger partial charge in [-0.3, -0.25) is 9.59 Å². The fraction of sp³-hybridized carbons (Fsp3) is 0.429. The second-order valence-corrected chi connectivity index (χ2v) is 7.10. The van der Waals surface area contributed by atoms with Gasteiger partial charge in [0.1, 0.15) is 11.3 Å². The standard InChI is InChI=1S/C21H25N3O3/c1-27-18-15-19(25)24-10-6-5-9-17(24)20(18)21(26)23-13-11-22(12-14-23)16-7-3-2-4-8-16/h2-4,7-8,15H,5-6,9-14H2,1H3. The van der Waals surface area contributed by atoms with Gasteiger partial charge in [-0.05, 0) is 31.4 Å². The summed E-state index contributed by atoms with van der Waals surface area (Å²) < 4.78 is 7.17. The van der Waals surface area contributed by atoms with E-state index in [1.54, 1.807) is 4.57 Å². The number of fused-ring (bicyclic) bond motifs is 1. The number of carbonyl (C=O) groups is 1. The zero-order valence-corrected chi connectivity index (χ0v) is 15.7. The van der Waals surface area contributed by atoms with Crippen molar-refractivity contribution in [1.82, 2.24) is 9.47 Å². The zero-order chi connectivity index (χ0) is 18.8. The molecule has 1 amide bonds. The van der Waals surface area contributed by atoms with Crippen LogP contribution in [0.5, 0.6) is 5.75 Å². The Labute approximate surface area is 159 Å². The minimum Gasteiger partial charge on any atom is -0.496 e. The molecule has 0 bridgehead atoms. The van der Waals surface area contributed by atoms with Gasteiger partial charge in [-0.15, -0.1) is 0 Å². The van der Waals surface area contributed by atoms with Crippen molar-refractivity contribution in [3.05, 3.63) is 58.0 Å². The fourth-order valence-electron chi connectivity index (χ4n) is 4.09. The van der Waals surface area contributed by atoms with E-state index in [2.05, 4.69) is 17.0 Å². The molecular weight excluding hydrogens is 342 g/mol. The van der Waals surface area contributed by atoms with Crippen LogP contribution >= 0.6 is 0 Å². The van der Waals surface area contributed by atoms with Crippen LogP contribution in [-0.2, 0) is 13.0 Å². The highest BCUT2D eigenvalue weighted by molar-refractivity contribution is 5.98. The number of anilines is 1. The Morgan fingerprint density at radius 3 is 2.44 bits per heavy atom. The van der Waals surface area contributed by atoms with Gasteiger partial charge in [-0.1, -0.05) is 18.2 Å². The summed E-state index contributed by atoms with van der Waals surface area (Å²) >= 11 is 0. The first-order chi connectivity index (χ1) is 13.2. The lowest BCUT2D eigenvalue weighted by Gasteiger charge is -2.37. The van der Waals surface area contributed by atoms with E-state index in [-0.39, 0.29) is 11.5 Å². The number of para-hydroxylation sites is 1. The number of ether oxygens (including phenoxy) is 1. The molecule has 0 aliphatic carbocycles. The minimum atomic E-state index is -0.0769. The van der Waals surface area contributed by atoms with Crippen molar-refractivity contribution >= 4 is 11.6 Å². The van der Waals surface area contributed by atoms with Crippen LogP contribution in [0.1, 0.15) is 28.9 Å². The van der Waals surface area contributed by atoms with E-state index in [0.29, 0.717) is 30.9 Å². The molecule has 27 heavy (non-hydrogen) atoms. The van der Waals surface area contributed by atoms with Crippen molar-refractivity contribution in [2.75, 3.05) is 38.2 Å². The van der Waals surface area contributed by atoms with E-state index in [1.807, 2.05) is 23.1 Å². The predicted molar refractivity (Wildman–Crippen MR) is 105 cm³/mol. The highest BCUT2D eigenvalue weighted by Crippen LogP contribution is 2.27. The molecular formula is C21H25N3O3. The van der Waals surface area contributed by atoms with Crippen LogP contribution < -0.4 is 15.2 Å². The summed E-state index contributed by atoms with van der Waals surface area (Å²) in [7, 11) is 1.53. The smallest absolute Gasteiger partial charge is 0.259 e. The largest absolute Gasteiger partial charge is 0.496 e. The number of piperazine rings is 1. The number of pyridine rings is 1. The summed E-state index contributed by atoms with van der Waals surface area (Å²) in [6.45, 7) is 3.60. The summed E-state index contributed by atoms with van der Waals surface area (Å²) in [4.78, 5) is 29.8. The Morgan fingerprint density at radius 2 is 1.74 bits per heavy atom. The number of carbonyl (C=O) groups excluding carboxylic acids is 1. The maximum atomic E-state index is 13.3. The Morgan fingerprint density at radius 1 is 1.00 bits per heavy atom. The summed E-state index contributed by atoms with van der Waals surface area (Å²) in [5.41, 5.74) is 2.52. The third kappa shape index (κ3) is 3.31. The molecule has 4 rings (SSSR count). The monoisotopic (exact) mass is 367 g/mol. The molecule has 1 fully saturated rings. The maximum Gasteiger partial charge on any atom is 0.259 e. The number of hydrogen-bond acceptors (Lipinski definition) is 4. The molecule has 2 aliphatic rings. The molecule has 0 atom stereocenters. The van der Waals surface area contributed by atoms with Gasteiger partial charge in [-0.25, -0.2) is 0 Å². The molecule has 0 N–H and O–H groups in total. The number of methoxy groups -OCH3 is 1. The molecule has 0 radical (unpaired) electrons. The SMILES string of the molecule is COc1cc(=O)n2c(c1C(=O)N1CCN(c3ccccc3)CC1)CCCC2. The van der Waals surface area contributed by atoms with Gasteiger partial charge in [0, 0.05) is 50.2 Å². The van der Waals surface area contributed by atoms with Crippen LogP contribution in [0.25, 0.3) is 0 Å². The lowest BCUT2D eigenvalue weighted by atomic mass is 10.0. The quantitative estimate of drug-likeness (QED) is 0.834. The van der Waals surface area contributed by atoms with Crippen molar-refractivity contribution in [2.24, 2.45) is 0 Å². The summed E-state index contributed by atoms with van der Waals surface area (Å²) in [6.07, 6.45) is 2.72. The van der Waals surface area contributed by atoms with Crippen molar-refractivity contribution < 1.29 is 9.53 Å². The van der Waals surface area contributed by atoms with Crippen molar-refractivity contribution in [2.45, 2.75) is 25.8 Å². The highest BCUT2D eigenvalue weighted by atomic mass is 16.5. The van der Waals surface area contributed by atoms with Crippen LogP contribution in [-0.4, -0.2) is 48.7 Å². The van der Waals surface area contributed by atoms with Crippen LogP contribution in [0.3, 0.4) is 0 Å². The van der Waals surface area contributed by atoms with E-state index in [1.165, 1.54) is 18.9 Å². The van der Waals surface area contributed by atoms with Crippen LogP contribution in [0, 0.1) is 0 Å². The number of benzene rings is 1. The van der Waals surface area contributed by atoms with Crippen LogP contribution in [0.4, 0.5) is 5.69 Å². The van der Waals surface area contributed by atoms with Gasteiger partial charge in [0.15, 0.2) is 0 Å². The lowest BCUT2D eigenvalue weighted by molar-refractivity contribution is 0.0740. The topological polar surface area (TPSA) is 54.8 Å². The third-order valence-corrected chi connectivity index (χ3v) is 5.55. The number of aromatic nitrogens is 1. The van der Waals surface area contributed by atoms with E-state index in [0.717, 1.165) is 38.0 Å². The molecule has 3 heterocycles.